The Morgan fingerprint density at radius 3 is 2.58 bits per heavy atom. The minimum absolute atomic E-state index is 0.00912. The number of hydrogen-bond donors (Lipinski definition) is 0. The molecule has 1 atom stereocenters. The second-order valence-corrected chi connectivity index (χ2v) is 7.19. The van der Waals surface area contributed by atoms with Gasteiger partial charge >= 0.3 is 0 Å². The summed E-state index contributed by atoms with van der Waals surface area (Å²) in [5.74, 6) is 0.130. The Kier molecular flexibility index (Phi) is 3.95. The van der Waals surface area contributed by atoms with Gasteiger partial charge in [0.05, 0.1) is 10.9 Å². The SMILES string of the molecule is Cc1ccc([C@H]2c3ccccc3CCN2C(=O)c2cccs2)cc1. The second-order valence-electron chi connectivity index (χ2n) is 6.24. The molecule has 0 radical (unpaired) electrons. The van der Waals surface area contributed by atoms with Crippen LogP contribution in [0.4, 0.5) is 0 Å². The Balaban J connectivity index is 1.81. The normalized spacial score (nSPS) is 16.7. The second kappa shape index (κ2) is 6.25. The van der Waals surface area contributed by atoms with E-state index in [2.05, 4.69) is 55.5 Å². The van der Waals surface area contributed by atoms with Crippen LogP contribution in [0.3, 0.4) is 0 Å². The first-order valence-electron chi connectivity index (χ1n) is 8.23. The Morgan fingerprint density at radius 1 is 1.04 bits per heavy atom. The number of fused-ring (bicyclic) bond motifs is 1. The Hall–Kier alpha value is -2.39. The monoisotopic (exact) mass is 333 g/mol. The summed E-state index contributed by atoms with van der Waals surface area (Å²) in [6.07, 6.45) is 0.912. The van der Waals surface area contributed by atoms with Crippen LogP contribution in [0.15, 0.2) is 66.0 Å². The van der Waals surface area contributed by atoms with Crippen LogP contribution in [-0.4, -0.2) is 17.4 Å². The predicted octanol–water partition coefficient (Wildman–Crippen LogP) is 4.84. The molecule has 0 spiro atoms. The average molecular weight is 333 g/mol. The molecule has 1 aliphatic heterocycles. The van der Waals surface area contributed by atoms with Crippen LogP contribution in [-0.2, 0) is 6.42 Å². The lowest BCUT2D eigenvalue weighted by molar-refractivity contribution is 0.0699. The van der Waals surface area contributed by atoms with Crippen molar-refractivity contribution in [1.29, 1.82) is 0 Å². The third-order valence-electron chi connectivity index (χ3n) is 4.67. The van der Waals surface area contributed by atoms with E-state index in [0.29, 0.717) is 0 Å². The maximum atomic E-state index is 13.1. The zero-order valence-electron chi connectivity index (χ0n) is 13.6. The largest absolute Gasteiger partial charge is 0.326 e. The Labute approximate surface area is 146 Å². The van der Waals surface area contributed by atoms with Gasteiger partial charge in [0.1, 0.15) is 0 Å². The first-order valence-corrected chi connectivity index (χ1v) is 9.11. The van der Waals surface area contributed by atoms with Gasteiger partial charge in [-0.05, 0) is 41.5 Å². The van der Waals surface area contributed by atoms with E-state index in [1.807, 2.05) is 22.4 Å². The van der Waals surface area contributed by atoms with Crippen LogP contribution in [0, 0.1) is 6.92 Å². The van der Waals surface area contributed by atoms with Crippen LogP contribution < -0.4 is 0 Å². The lowest BCUT2D eigenvalue weighted by Gasteiger charge is -2.37. The number of benzene rings is 2. The third kappa shape index (κ3) is 2.65. The first-order chi connectivity index (χ1) is 11.7. The number of carbonyl (C=O) groups excluding carboxylic acids is 1. The highest BCUT2D eigenvalue weighted by molar-refractivity contribution is 7.12. The molecule has 2 aromatic carbocycles. The van der Waals surface area contributed by atoms with E-state index in [9.17, 15) is 4.79 Å². The Morgan fingerprint density at radius 2 is 1.83 bits per heavy atom. The molecule has 0 bridgehead atoms. The van der Waals surface area contributed by atoms with Gasteiger partial charge in [0, 0.05) is 6.54 Å². The maximum Gasteiger partial charge on any atom is 0.264 e. The average Bonchev–Trinajstić information content (AvgIpc) is 3.16. The van der Waals surface area contributed by atoms with Crippen molar-refractivity contribution in [3.05, 3.63) is 93.2 Å². The van der Waals surface area contributed by atoms with Gasteiger partial charge in [-0.15, -0.1) is 11.3 Å². The zero-order valence-corrected chi connectivity index (χ0v) is 14.4. The van der Waals surface area contributed by atoms with Gasteiger partial charge in [0.25, 0.3) is 5.91 Å². The summed E-state index contributed by atoms with van der Waals surface area (Å²) in [5.41, 5.74) is 5.01. The number of nitrogens with zero attached hydrogens (tertiary/aromatic N) is 1. The summed E-state index contributed by atoms with van der Waals surface area (Å²) in [6, 6.07) is 20.9. The van der Waals surface area contributed by atoms with Crippen molar-refractivity contribution in [3.8, 4) is 0 Å². The highest BCUT2D eigenvalue weighted by Gasteiger charge is 2.32. The molecule has 24 heavy (non-hydrogen) atoms. The van der Waals surface area contributed by atoms with E-state index in [4.69, 9.17) is 0 Å². The standard InChI is InChI=1S/C21H19NOS/c1-15-8-10-17(11-9-15)20-18-6-3-2-5-16(18)12-13-22(20)21(23)19-7-4-14-24-19/h2-11,14,20H,12-13H2,1H3/t20-/m0/s1. The fourth-order valence-corrected chi connectivity index (χ4v) is 4.11. The van der Waals surface area contributed by atoms with Crippen molar-refractivity contribution in [2.75, 3.05) is 6.54 Å². The molecule has 0 N–H and O–H groups in total. The number of hydrogen-bond acceptors (Lipinski definition) is 2. The molecule has 1 aliphatic rings. The van der Waals surface area contributed by atoms with Crippen LogP contribution in [0.5, 0.6) is 0 Å². The van der Waals surface area contributed by atoms with E-state index < -0.39 is 0 Å². The molecule has 2 heterocycles. The lowest BCUT2D eigenvalue weighted by atomic mass is 9.88. The van der Waals surface area contributed by atoms with Gasteiger partial charge in [0.2, 0.25) is 0 Å². The number of aryl methyl sites for hydroxylation is 1. The fraction of sp³-hybridized carbons (Fsp3) is 0.190. The minimum Gasteiger partial charge on any atom is -0.326 e. The van der Waals surface area contributed by atoms with Gasteiger partial charge < -0.3 is 4.90 Å². The zero-order chi connectivity index (χ0) is 16.5. The molecule has 120 valence electrons. The molecule has 2 nitrogen and oxygen atoms in total. The van der Waals surface area contributed by atoms with Gasteiger partial charge in [-0.1, -0.05) is 60.2 Å². The Bertz CT molecular complexity index is 852. The van der Waals surface area contributed by atoms with Crippen LogP contribution >= 0.6 is 11.3 Å². The van der Waals surface area contributed by atoms with Crippen molar-refractivity contribution >= 4 is 17.2 Å². The topological polar surface area (TPSA) is 20.3 Å². The summed E-state index contributed by atoms with van der Waals surface area (Å²) in [5, 5.41) is 1.96. The molecule has 1 aromatic heterocycles. The smallest absolute Gasteiger partial charge is 0.264 e. The molecule has 0 saturated heterocycles. The summed E-state index contributed by atoms with van der Waals surface area (Å²) in [7, 11) is 0. The highest BCUT2D eigenvalue weighted by Crippen LogP contribution is 2.36. The summed E-state index contributed by atoms with van der Waals surface area (Å²) in [6.45, 7) is 2.85. The molecule has 0 fully saturated rings. The molecule has 3 aromatic rings. The molecule has 1 amide bonds. The van der Waals surface area contributed by atoms with Crippen LogP contribution in [0.1, 0.15) is 38.0 Å². The van der Waals surface area contributed by atoms with Gasteiger partial charge in [0.15, 0.2) is 0 Å². The van der Waals surface area contributed by atoms with Crippen molar-refractivity contribution in [2.45, 2.75) is 19.4 Å². The molecule has 0 saturated carbocycles. The van der Waals surface area contributed by atoms with Crippen molar-refractivity contribution < 1.29 is 4.79 Å². The highest BCUT2D eigenvalue weighted by atomic mass is 32.1. The number of rotatable bonds is 2. The molecule has 4 rings (SSSR count). The van der Waals surface area contributed by atoms with E-state index in [1.54, 1.807) is 0 Å². The predicted molar refractivity (Wildman–Crippen MR) is 98.5 cm³/mol. The van der Waals surface area contributed by atoms with E-state index in [1.165, 1.54) is 33.6 Å². The third-order valence-corrected chi connectivity index (χ3v) is 5.53. The van der Waals surface area contributed by atoms with E-state index in [-0.39, 0.29) is 11.9 Å². The van der Waals surface area contributed by atoms with E-state index in [0.717, 1.165) is 17.8 Å². The lowest BCUT2D eigenvalue weighted by Crippen LogP contribution is -2.40. The van der Waals surface area contributed by atoms with E-state index >= 15 is 0 Å². The van der Waals surface area contributed by atoms with Gasteiger partial charge in [-0.3, -0.25) is 4.79 Å². The fourth-order valence-electron chi connectivity index (χ4n) is 3.44. The van der Waals surface area contributed by atoms with Gasteiger partial charge in [-0.25, -0.2) is 0 Å². The summed E-state index contributed by atoms with van der Waals surface area (Å²) < 4.78 is 0. The van der Waals surface area contributed by atoms with Gasteiger partial charge in [-0.2, -0.15) is 0 Å². The number of carbonyl (C=O) groups is 1. The molecule has 0 aliphatic carbocycles. The summed E-state index contributed by atoms with van der Waals surface area (Å²) >= 11 is 1.51. The quantitative estimate of drug-likeness (QED) is 0.657. The molecular weight excluding hydrogens is 314 g/mol. The molecular formula is C21H19NOS. The summed E-state index contributed by atoms with van der Waals surface area (Å²) in [4.78, 5) is 15.9. The molecule has 3 heteroatoms. The number of amides is 1. The number of thiophene rings is 1. The van der Waals surface area contributed by atoms with Crippen molar-refractivity contribution in [1.82, 2.24) is 4.90 Å². The minimum atomic E-state index is -0.00912. The van der Waals surface area contributed by atoms with Crippen molar-refractivity contribution in [2.24, 2.45) is 0 Å². The van der Waals surface area contributed by atoms with Crippen molar-refractivity contribution in [3.63, 3.8) is 0 Å². The first kappa shape index (κ1) is 15.2. The molecule has 0 unspecified atom stereocenters. The maximum absolute atomic E-state index is 13.1. The van der Waals surface area contributed by atoms with Crippen LogP contribution in [0.2, 0.25) is 0 Å². The van der Waals surface area contributed by atoms with Crippen LogP contribution in [0.25, 0.3) is 0 Å².